The van der Waals surface area contributed by atoms with Crippen molar-refractivity contribution in [3.8, 4) is 6.07 Å². The summed E-state index contributed by atoms with van der Waals surface area (Å²) in [5.41, 5.74) is 0.712. The van der Waals surface area contributed by atoms with Crippen LogP contribution in [0.2, 0.25) is 0 Å². The number of hydrogen-bond acceptors (Lipinski definition) is 3. The minimum absolute atomic E-state index is 0.326. The van der Waals surface area contributed by atoms with E-state index in [0.717, 1.165) is 6.42 Å². The molecule has 0 fully saturated rings. The van der Waals surface area contributed by atoms with Crippen LogP contribution >= 0.6 is 0 Å². The molecule has 0 amide bonds. The number of ether oxygens (including phenoxy) is 1. The number of carbonyl (C=O) groups is 1. The Hall–Kier alpha value is -1.82. The van der Waals surface area contributed by atoms with Crippen molar-refractivity contribution >= 4 is 5.97 Å². The van der Waals surface area contributed by atoms with Crippen LogP contribution in [0.5, 0.6) is 0 Å². The molecule has 15 heavy (non-hydrogen) atoms. The average molecular weight is 203 g/mol. The van der Waals surface area contributed by atoms with Crippen LogP contribution in [-0.2, 0) is 9.53 Å². The van der Waals surface area contributed by atoms with Gasteiger partial charge in [0.2, 0.25) is 6.10 Å². The Kier molecular flexibility index (Phi) is 4.36. The zero-order valence-corrected chi connectivity index (χ0v) is 8.64. The molecule has 1 atom stereocenters. The number of nitriles is 1. The Balaban J connectivity index is 2.66. The largest absolute Gasteiger partial charge is 0.442 e. The summed E-state index contributed by atoms with van der Waals surface area (Å²) in [6, 6.07) is 11.0. The fraction of sp³-hybridized carbons (Fsp3) is 0.333. The zero-order valence-electron chi connectivity index (χ0n) is 8.64. The molecular weight excluding hydrogens is 190 g/mol. The molecule has 0 aromatic heterocycles. The van der Waals surface area contributed by atoms with Gasteiger partial charge in [-0.15, -0.1) is 0 Å². The van der Waals surface area contributed by atoms with Gasteiger partial charge in [0.05, 0.1) is 0 Å². The Labute approximate surface area is 89.3 Å². The van der Waals surface area contributed by atoms with Crippen LogP contribution < -0.4 is 0 Å². The van der Waals surface area contributed by atoms with E-state index in [1.165, 1.54) is 0 Å². The van der Waals surface area contributed by atoms with Crippen molar-refractivity contribution in [2.75, 3.05) is 0 Å². The van der Waals surface area contributed by atoms with E-state index in [-0.39, 0.29) is 5.97 Å². The Morgan fingerprint density at radius 1 is 1.47 bits per heavy atom. The van der Waals surface area contributed by atoms with Crippen molar-refractivity contribution in [1.82, 2.24) is 0 Å². The zero-order chi connectivity index (χ0) is 11.1. The Morgan fingerprint density at radius 2 is 2.13 bits per heavy atom. The van der Waals surface area contributed by atoms with E-state index >= 15 is 0 Å². The molecule has 0 unspecified atom stereocenters. The van der Waals surface area contributed by atoms with E-state index in [4.69, 9.17) is 10.00 Å². The van der Waals surface area contributed by atoms with Crippen LogP contribution in [0.4, 0.5) is 0 Å². The molecule has 1 rings (SSSR count). The average Bonchev–Trinajstić information content (AvgIpc) is 2.27. The summed E-state index contributed by atoms with van der Waals surface area (Å²) in [7, 11) is 0. The van der Waals surface area contributed by atoms with Crippen LogP contribution in [0.15, 0.2) is 30.3 Å². The van der Waals surface area contributed by atoms with Crippen molar-refractivity contribution in [3.63, 3.8) is 0 Å². The second kappa shape index (κ2) is 5.82. The first-order valence-electron chi connectivity index (χ1n) is 4.92. The number of hydrogen-bond donors (Lipinski definition) is 0. The minimum Gasteiger partial charge on any atom is -0.442 e. The van der Waals surface area contributed by atoms with Crippen LogP contribution in [-0.4, -0.2) is 5.97 Å². The molecular formula is C12H13NO2. The van der Waals surface area contributed by atoms with Gasteiger partial charge in [-0.3, -0.25) is 4.79 Å². The molecule has 1 aromatic carbocycles. The third-order valence-corrected chi connectivity index (χ3v) is 1.92. The molecule has 0 radical (unpaired) electrons. The van der Waals surface area contributed by atoms with Gasteiger partial charge in [0.25, 0.3) is 0 Å². The molecule has 0 spiro atoms. The highest BCUT2D eigenvalue weighted by atomic mass is 16.5. The summed E-state index contributed by atoms with van der Waals surface area (Å²) in [4.78, 5) is 11.2. The summed E-state index contributed by atoms with van der Waals surface area (Å²) in [5.74, 6) is -0.326. The lowest BCUT2D eigenvalue weighted by atomic mass is 10.1. The van der Waals surface area contributed by atoms with Gasteiger partial charge in [-0.25, -0.2) is 0 Å². The summed E-state index contributed by atoms with van der Waals surface area (Å²) in [6.07, 6.45) is 0.293. The van der Waals surface area contributed by atoms with Crippen LogP contribution in [0.25, 0.3) is 0 Å². The normalized spacial score (nSPS) is 11.5. The van der Waals surface area contributed by atoms with Gasteiger partial charge >= 0.3 is 5.97 Å². The second-order valence-electron chi connectivity index (χ2n) is 3.16. The van der Waals surface area contributed by atoms with Gasteiger partial charge < -0.3 is 4.74 Å². The van der Waals surface area contributed by atoms with E-state index in [9.17, 15) is 4.79 Å². The monoisotopic (exact) mass is 203 g/mol. The number of carbonyl (C=O) groups excluding carboxylic acids is 1. The van der Waals surface area contributed by atoms with E-state index in [2.05, 4.69) is 0 Å². The predicted octanol–water partition coefficient (Wildman–Crippen LogP) is 2.59. The fourth-order valence-corrected chi connectivity index (χ4v) is 1.19. The molecule has 0 heterocycles. The lowest BCUT2D eigenvalue weighted by Gasteiger charge is -2.10. The first kappa shape index (κ1) is 11.3. The highest BCUT2D eigenvalue weighted by molar-refractivity contribution is 5.69. The van der Waals surface area contributed by atoms with E-state index in [0.29, 0.717) is 12.0 Å². The predicted molar refractivity (Wildman–Crippen MR) is 55.8 cm³/mol. The molecule has 3 heteroatoms. The summed E-state index contributed by atoms with van der Waals surface area (Å²) in [6.45, 7) is 1.89. The molecule has 0 saturated carbocycles. The van der Waals surface area contributed by atoms with Crippen molar-refractivity contribution in [2.24, 2.45) is 0 Å². The quantitative estimate of drug-likeness (QED) is 0.707. The molecule has 0 N–H and O–H groups in total. The van der Waals surface area contributed by atoms with Crippen LogP contribution in [0.1, 0.15) is 31.4 Å². The topological polar surface area (TPSA) is 50.1 Å². The van der Waals surface area contributed by atoms with Gasteiger partial charge in [0.15, 0.2) is 0 Å². The van der Waals surface area contributed by atoms with Gasteiger partial charge in [0, 0.05) is 12.0 Å². The van der Waals surface area contributed by atoms with Gasteiger partial charge in [-0.05, 0) is 6.42 Å². The molecule has 3 nitrogen and oxygen atoms in total. The first-order chi connectivity index (χ1) is 7.27. The van der Waals surface area contributed by atoms with Crippen molar-refractivity contribution in [1.29, 1.82) is 5.26 Å². The van der Waals surface area contributed by atoms with Crippen LogP contribution in [0.3, 0.4) is 0 Å². The first-order valence-corrected chi connectivity index (χ1v) is 4.92. The molecule has 78 valence electrons. The lowest BCUT2D eigenvalue weighted by Crippen LogP contribution is -2.09. The van der Waals surface area contributed by atoms with Crippen molar-refractivity contribution in [2.45, 2.75) is 25.9 Å². The summed E-state index contributed by atoms with van der Waals surface area (Å²) < 4.78 is 5.03. The third-order valence-electron chi connectivity index (χ3n) is 1.92. The molecule has 0 aliphatic carbocycles. The second-order valence-corrected chi connectivity index (χ2v) is 3.16. The Bertz CT molecular complexity index is 354. The maximum Gasteiger partial charge on any atom is 0.307 e. The highest BCUT2D eigenvalue weighted by Crippen LogP contribution is 2.16. The standard InChI is InChI=1S/C12H13NO2/c1-2-6-12(14)15-11(9-13)10-7-4-3-5-8-10/h3-5,7-8,11H,2,6H2,1H3/t11-/m0/s1. The van der Waals surface area contributed by atoms with E-state index < -0.39 is 6.10 Å². The van der Waals surface area contributed by atoms with Crippen molar-refractivity contribution in [3.05, 3.63) is 35.9 Å². The molecule has 0 aliphatic heterocycles. The maximum atomic E-state index is 11.2. The maximum absolute atomic E-state index is 11.2. The highest BCUT2D eigenvalue weighted by Gasteiger charge is 2.14. The molecule has 1 aromatic rings. The van der Waals surface area contributed by atoms with Crippen LogP contribution in [0, 0.1) is 11.3 Å². The van der Waals surface area contributed by atoms with Gasteiger partial charge in [0.1, 0.15) is 6.07 Å². The summed E-state index contributed by atoms with van der Waals surface area (Å²) >= 11 is 0. The summed E-state index contributed by atoms with van der Waals surface area (Å²) in [5, 5.41) is 8.87. The minimum atomic E-state index is -0.787. The molecule has 0 aliphatic rings. The van der Waals surface area contributed by atoms with Gasteiger partial charge in [-0.1, -0.05) is 37.3 Å². The fourth-order valence-electron chi connectivity index (χ4n) is 1.19. The molecule has 0 bridgehead atoms. The number of rotatable bonds is 4. The number of benzene rings is 1. The Morgan fingerprint density at radius 3 is 2.67 bits per heavy atom. The van der Waals surface area contributed by atoms with E-state index in [1.807, 2.05) is 31.2 Å². The van der Waals surface area contributed by atoms with Crippen molar-refractivity contribution < 1.29 is 9.53 Å². The SMILES string of the molecule is CCCC(=O)O[C@@H](C#N)c1ccccc1. The third kappa shape index (κ3) is 3.43. The van der Waals surface area contributed by atoms with E-state index in [1.54, 1.807) is 12.1 Å². The van der Waals surface area contributed by atoms with Gasteiger partial charge in [-0.2, -0.15) is 5.26 Å². The smallest absolute Gasteiger partial charge is 0.307 e. The number of nitrogens with zero attached hydrogens (tertiary/aromatic N) is 1. The number of esters is 1. The lowest BCUT2D eigenvalue weighted by molar-refractivity contribution is -0.146. The molecule has 0 saturated heterocycles.